The Bertz CT molecular complexity index is 1050. The molecule has 0 N–H and O–H groups in total. The Morgan fingerprint density at radius 2 is 1.84 bits per heavy atom. The fraction of sp³-hybridized carbons (Fsp3) is 0.280. The average Bonchev–Trinajstić information content (AvgIpc) is 3.28. The van der Waals surface area contributed by atoms with Crippen molar-refractivity contribution in [1.29, 1.82) is 0 Å². The van der Waals surface area contributed by atoms with Gasteiger partial charge in [0.2, 0.25) is 5.91 Å². The van der Waals surface area contributed by atoms with Gasteiger partial charge in [0.25, 0.3) is 5.91 Å². The first kappa shape index (κ1) is 21.6. The van der Waals surface area contributed by atoms with E-state index in [-0.39, 0.29) is 24.4 Å². The van der Waals surface area contributed by atoms with Crippen LogP contribution in [0.25, 0.3) is 0 Å². The van der Waals surface area contributed by atoms with E-state index >= 15 is 0 Å². The van der Waals surface area contributed by atoms with Crippen LogP contribution in [-0.4, -0.2) is 41.2 Å². The van der Waals surface area contributed by atoms with Gasteiger partial charge in [0.15, 0.2) is 0 Å². The minimum Gasteiger partial charge on any atom is -0.330 e. The summed E-state index contributed by atoms with van der Waals surface area (Å²) in [5.74, 6) is -0.137. The van der Waals surface area contributed by atoms with Crippen LogP contribution in [0.4, 0.5) is 0 Å². The zero-order valence-electron chi connectivity index (χ0n) is 17.5. The minimum atomic E-state index is -0.157. The van der Waals surface area contributed by atoms with E-state index in [0.29, 0.717) is 23.7 Å². The summed E-state index contributed by atoms with van der Waals surface area (Å²) in [6.07, 6.45) is 1.63. The van der Waals surface area contributed by atoms with E-state index in [9.17, 15) is 9.59 Å². The molecule has 3 aromatic rings. The number of hydrogen-bond acceptors (Lipinski definition) is 3. The fourth-order valence-electron chi connectivity index (χ4n) is 4.13. The highest BCUT2D eigenvalue weighted by Crippen LogP contribution is 2.38. The largest absolute Gasteiger partial charge is 0.330 e. The van der Waals surface area contributed by atoms with E-state index in [2.05, 4.69) is 11.4 Å². The second kappa shape index (κ2) is 9.67. The molecule has 0 aliphatic carbocycles. The summed E-state index contributed by atoms with van der Waals surface area (Å²) in [5, 5.41) is 2.76. The summed E-state index contributed by atoms with van der Waals surface area (Å²) >= 11 is 7.84. The van der Waals surface area contributed by atoms with Crippen LogP contribution in [-0.2, 0) is 11.2 Å². The van der Waals surface area contributed by atoms with Gasteiger partial charge in [-0.3, -0.25) is 9.59 Å². The molecule has 0 spiro atoms. The van der Waals surface area contributed by atoms with Crippen LogP contribution in [0.5, 0.6) is 0 Å². The topological polar surface area (TPSA) is 40.6 Å². The minimum absolute atomic E-state index is 0.0328. The summed E-state index contributed by atoms with van der Waals surface area (Å²) < 4.78 is 0. The maximum absolute atomic E-state index is 13.5. The number of carbonyl (C=O) groups is 2. The lowest BCUT2D eigenvalue weighted by atomic mass is 9.93. The molecule has 4 rings (SSSR count). The molecule has 1 aliphatic heterocycles. The van der Waals surface area contributed by atoms with Gasteiger partial charge in [0.1, 0.15) is 6.54 Å². The Morgan fingerprint density at radius 3 is 2.55 bits per heavy atom. The molecule has 6 heteroatoms. The number of nitrogens with zero attached hydrogens (tertiary/aromatic N) is 2. The van der Waals surface area contributed by atoms with Crippen LogP contribution in [0, 0.1) is 0 Å². The van der Waals surface area contributed by atoms with Gasteiger partial charge >= 0.3 is 0 Å². The number of thiophene rings is 1. The second-order valence-electron chi connectivity index (χ2n) is 7.68. The van der Waals surface area contributed by atoms with Crippen LogP contribution < -0.4 is 0 Å². The van der Waals surface area contributed by atoms with E-state index in [1.165, 1.54) is 10.4 Å². The molecular weight excluding hydrogens is 428 g/mol. The number of fused-ring (bicyclic) bond motifs is 1. The van der Waals surface area contributed by atoms with E-state index in [4.69, 9.17) is 11.6 Å². The van der Waals surface area contributed by atoms with Crippen LogP contribution in [0.15, 0.2) is 66.0 Å². The highest BCUT2D eigenvalue weighted by molar-refractivity contribution is 7.10. The molecule has 2 heterocycles. The molecule has 2 amide bonds. The predicted molar refractivity (Wildman–Crippen MR) is 126 cm³/mol. The Morgan fingerprint density at radius 1 is 1.10 bits per heavy atom. The van der Waals surface area contributed by atoms with Crippen molar-refractivity contribution in [2.24, 2.45) is 0 Å². The highest BCUT2D eigenvalue weighted by atomic mass is 35.5. The smallest absolute Gasteiger partial charge is 0.254 e. The number of hydrogen-bond donors (Lipinski definition) is 0. The summed E-state index contributed by atoms with van der Waals surface area (Å²) in [7, 11) is 0. The SMILES string of the molecule is CCCN(CC(=O)N1CCc2sccc2[C@@H]1c1ccc(Cl)cc1)C(=O)c1ccccc1. The van der Waals surface area contributed by atoms with Crippen LogP contribution >= 0.6 is 22.9 Å². The zero-order chi connectivity index (χ0) is 21.8. The molecule has 0 radical (unpaired) electrons. The maximum Gasteiger partial charge on any atom is 0.254 e. The number of benzene rings is 2. The molecule has 1 aromatic heterocycles. The lowest BCUT2D eigenvalue weighted by Crippen LogP contribution is -2.47. The summed E-state index contributed by atoms with van der Waals surface area (Å²) in [6, 6.07) is 18.8. The average molecular weight is 453 g/mol. The van der Waals surface area contributed by atoms with Crippen molar-refractivity contribution in [3.63, 3.8) is 0 Å². The van der Waals surface area contributed by atoms with Crippen LogP contribution in [0.2, 0.25) is 5.02 Å². The molecule has 0 saturated carbocycles. The van der Waals surface area contributed by atoms with Gasteiger partial charge in [-0.2, -0.15) is 0 Å². The first-order valence-corrected chi connectivity index (χ1v) is 11.8. The third-order valence-electron chi connectivity index (χ3n) is 5.60. The predicted octanol–water partition coefficient (Wildman–Crippen LogP) is 5.43. The third-order valence-corrected chi connectivity index (χ3v) is 6.85. The molecule has 31 heavy (non-hydrogen) atoms. The Hall–Kier alpha value is -2.63. The molecule has 1 atom stereocenters. The highest BCUT2D eigenvalue weighted by Gasteiger charge is 2.34. The first-order valence-electron chi connectivity index (χ1n) is 10.5. The molecule has 0 saturated heterocycles. The van der Waals surface area contributed by atoms with E-state index in [1.54, 1.807) is 28.4 Å². The van der Waals surface area contributed by atoms with Crippen molar-refractivity contribution in [1.82, 2.24) is 9.80 Å². The molecule has 4 nitrogen and oxygen atoms in total. The standard InChI is InChI=1S/C25H25ClN2O2S/c1-2-14-27(25(30)19-6-4-3-5-7-19)17-23(29)28-15-12-22-21(13-16-31-22)24(28)18-8-10-20(26)11-9-18/h3-11,13,16,24H,2,12,14-15,17H2,1H3/t24-/m0/s1. The van der Waals surface area contributed by atoms with Crippen molar-refractivity contribution in [3.05, 3.63) is 92.6 Å². The van der Waals surface area contributed by atoms with Crippen molar-refractivity contribution in [3.8, 4) is 0 Å². The molecule has 160 valence electrons. The lowest BCUT2D eigenvalue weighted by molar-refractivity contribution is -0.134. The molecule has 0 bridgehead atoms. The summed E-state index contributed by atoms with van der Waals surface area (Å²) in [4.78, 5) is 31.4. The Balaban J connectivity index is 1.61. The van der Waals surface area contributed by atoms with Gasteiger partial charge in [0, 0.05) is 28.6 Å². The van der Waals surface area contributed by atoms with Crippen LogP contribution in [0.1, 0.15) is 45.7 Å². The van der Waals surface area contributed by atoms with E-state index in [0.717, 1.165) is 18.4 Å². The molecule has 0 unspecified atom stereocenters. The first-order chi connectivity index (χ1) is 15.1. The number of rotatable bonds is 6. The summed E-state index contributed by atoms with van der Waals surface area (Å²) in [6.45, 7) is 3.28. The van der Waals surface area contributed by atoms with Gasteiger partial charge < -0.3 is 9.80 Å². The Labute approximate surface area is 192 Å². The molecular formula is C25H25ClN2O2S. The van der Waals surface area contributed by atoms with Gasteiger partial charge in [0.05, 0.1) is 6.04 Å². The quantitative estimate of drug-likeness (QED) is 0.500. The van der Waals surface area contributed by atoms with Crippen molar-refractivity contribution < 1.29 is 9.59 Å². The van der Waals surface area contributed by atoms with E-state index < -0.39 is 0 Å². The zero-order valence-corrected chi connectivity index (χ0v) is 19.0. The number of amides is 2. The van der Waals surface area contributed by atoms with Gasteiger partial charge in [-0.05, 0) is 59.7 Å². The van der Waals surface area contributed by atoms with Crippen LogP contribution in [0.3, 0.4) is 0 Å². The maximum atomic E-state index is 13.5. The number of halogens is 1. The molecule has 2 aromatic carbocycles. The second-order valence-corrected chi connectivity index (χ2v) is 9.12. The van der Waals surface area contributed by atoms with Crippen molar-refractivity contribution in [2.75, 3.05) is 19.6 Å². The molecule has 1 aliphatic rings. The van der Waals surface area contributed by atoms with Crippen molar-refractivity contribution in [2.45, 2.75) is 25.8 Å². The van der Waals surface area contributed by atoms with Crippen molar-refractivity contribution >= 4 is 34.8 Å². The van der Waals surface area contributed by atoms with Gasteiger partial charge in [-0.15, -0.1) is 11.3 Å². The van der Waals surface area contributed by atoms with E-state index in [1.807, 2.05) is 54.3 Å². The Kier molecular flexibility index (Phi) is 6.73. The normalized spacial score (nSPS) is 15.4. The molecule has 0 fully saturated rings. The summed E-state index contributed by atoms with van der Waals surface area (Å²) in [5.41, 5.74) is 2.81. The van der Waals surface area contributed by atoms with Gasteiger partial charge in [-0.25, -0.2) is 0 Å². The monoisotopic (exact) mass is 452 g/mol. The number of carbonyl (C=O) groups excluding carboxylic acids is 2. The third kappa shape index (κ3) is 4.68. The fourth-order valence-corrected chi connectivity index (χ4v) is 5.16. The van der Waals surface area contributed by atoms with Gasteiger partial charge in [-0.1, -0.05) is 48.9 Å². The lowest BCUT2D eigenvalue weighted by Gasteiger charge is -2.37.